The molecule has 41 heavy (non-hydrogen) atoms. The Bertz CT molecular complexity index is 1510. The Labute approximate surface area is 241 Å². The van der Waals surface area contributed by atoms with Gasteiger partial charge < -0.3 is 15.1 Å². The largest absolute Gasteiger partial charge is 0.368 e. The summed E-state index contributed by atoms with van der Waals surface area (Å²) in [6.07, 6.45) is 9.07. The van der Waals surface area contributed by atoms with Crippen molar-refractivity contribution in [1.29, 1.82) is 0 Å². The number of anilines is 2. The smallest absolute Gasteiger partial charge is 0.276 e. The van der Waals surface area contributed by atoms with Gasteiger partial charge in [-0.2, -0.15) is 5.10 Å². The average molecular weight is 557 g/mol. The first-order valence-corrected chi connectivity index (χ1v) is 14.4. The van der Waals surface area contributed by atoms with E-state index >= 15 is 0 Å². The molecule has 5 heterocycles. The third kappa shape index (κ3) is 6.30. The van der Waals surface area contributed by atoms with Gasteiger partial charge in [-0.1, -0.05) is 25.5 Å². The Hall–Kier alpha value is -4.12. The quantitative estimate of drug-likeness (QED) is 0.342. The summed E-state index contributed by atoms with van der Waals surface area (Å²) in [6, 6.07) is 5.85. The highest BCUT2D eigenvalue weighted by molar-refractivity contribution is 6.03. The molecule has 1 aliphatic heterocycles. The lowest BCUT2D eigenvalue weighted by atomic mass is 10.1. The first-order valence-electron chi connectivity index (χ1n) is 14.4. The third-order valence-corrected chi connectivity index (χ3v) is 7.42. The molecule has 11 heteroatoms. The molecule has 4 aromatic heterocycles. The van der Waals surface area contributed by atoms with Gasteiger partial charge in [0.25, 0.3) is 5.91 Å². The van der Waals surface area contributed by atoms with Gasteiger partial charge in [0, 0.05) is 43.6 Å². The third-order valence-electron chi connectivity index (χ3n) is 7.42. The summed E-state index contributed by atoms with van der Waals surface area (Å²) >= 11 is 0. The molecule has 1 saturated heterocycles. The van der Waals surface area contributed by atoms with Crippen LogP contribution in [0.3, 0.4) is 0 Å². The molecule has 0 unspecified atom stereocenters. The highest BCUT2D eigenvalue weighted by Crippen LogP contribution is 2.25. The first-order chi connectivity index (χ1) is 19.7. The lowest BCUT2D eigenvalue weighted by molar-refractivity contribution is 0.102. The minimum Gasteiger partial charge on any atom is -0.368 e. The van der Waals surface area contributed by atoms with E-state index in [9.17, 15) is 4.79 Å². The molecule has 0 radical (unpaired) electrons. The minimum atomic E-state index is -0.274. The first kappa shape index (κ1) is 28.4. The van der Waals surface area contributed by atoms with Crippen molar-refractivity contribution in [2.45, 2.75) is 59.9 Å². The van der Waals surface area contributed by atoms with Crippen LogP contribution in [0, 0.1) is 6.92 Å². The van der Waals surface area contributed by atoms with Crippen LogP contribution in [0.25, 0.3) is 16.9 Å². The van der Waals surface area contributed by atoms with Crippen LogP contribution in [-0.4, -0.2) is 78.3 Å². The highest BCUT2D eigenvalue weighted by atomic mass is 16.2. The van der Waals surface area contributed by atoms with Gasteiger partial charge in [0.2, 0.25) is 0 Å². The molecule has 0 bridgehead atoms. The summed E-state index contributed by atoms with van der Waals surface area (Å²) in [6.45, 7) is 17.6. The summed E-state index contributed by atoms with van der Waals surface area (Å²) in [5.74, 6) is -0.274. The fraction of sp³-hybridized carbons (Fsp3) is 0.467. The molecule has 4 aromatic rings. The monoisotopic (exact) mass is 556 g/mol. The predicted molar refractivity (Wildman–Crippen MR) is 161 cm³/mol. The van der Waals surface area contributed by atoms with Crippen LogP contribution in [0.1, 0.15) is 62.9 Å². The second kappa shape index (κ2) is 11.8. The summed E-state index contributed by atoms with van der Waals surface area (Å²) in [5.41, 5.74) is 5.98. The zero-order valence-corrected chi connectivity index (χ0v) is 24.9. The molecule has 1 aliphatic rings. The summed E-state index contributed by atoms with van der Waals surface area (Å²) < 4.78 is 3.63. The van der Waals surface area contributed by atoms with E-state index in [0.717, 1.165) is 79.6 Å². The van der Waals surface area contributed by atoms with Crippen LogP contribution in [0.5, 0.6) is 0 Å². The normalized spacial score (nSPS) is 14.4. The fourth-order valence-electron chi connectivity index (χ4n) is 5.14. The number of hydrogen-bond donors (Lipinski definition) is 1. The molecule has 5 rings (SSSR count). The van der Waals surface area contributed by atoms with Gasteiger partial charge in [-0.05, 0) is 58.9 Å². The maximum absolute atomic E-state index is 13.2. The van der Waals surface area contributed by atoms with Crippen molar-refractivity contribution in [1.82, 2.24) is 39.6 Å². The van der Waals surface area contributed by atoms with Crippen molar-refractivity contribution in [2.24, 2.45) is 0 Å². The molecule has 0 aliphatic carbocycles. The summed E-state index contributed by atoms with van der Waals surface area (Å²) in [5, 5.41) is 16.4. The summed E-state index contributed by atoms with van der Waals surface area (Å²) in [4.78, 5) is 27.0. The van der Waals surface area contributed by atoms with E-state index in [2.05, 4.69) is 81.2 Å². The van der Waals surface area contributed by atoms with Crippen LogP contribution < -0.4 is 10.2 Å². The van der Waals surface area contributed by atoms with E-state index < -0.39 is 0 Å². The van der Waals surface area contributed by atoms with E-state index in [1.807, 2.05) is 42.3 Å². The SMILES string of the molecule is CCCc1cc(C(=O)Nc2cnc(C)c(-n3cc(-c4cncc(N5CCN(CC)CC5)c4)nn3)c2)nn1C(C)(C)C. The molecule has 1 fully saturated rings. The van der Waals surface area contributed by atoms with Crippen LogP contribution in [-0.2, 0) is 12.0 Å². The number of nitrogens with zero attached hydrogens (tertiary/aromatic N) is 9. The van der Waals surface area contributed by atoms with Crippen LogP contribution >= 0.6 is 0 Å². The topological polar surface area (TPSA) is 110 Å². The molecule has 216 valence electrons. The van der Waals surface area contributed by atoms with Crippen molar-refractivity contribution in [2.75, 3.05) is 42.9 Å². The number of pyridine rings is 2. The molecule has 11 nitrogen and oxygen atoms in total. The standard InChI is InChI=1S/C30H40N10O/c1-7-9-24-16-26(35-40(24)30(4,5)6)29(41)33-23-15-28(21(3)32-18-23)39-20-27(34-36-39)22-14-25(19-31-17-22)38-12-10-37(8-2)11-13-38/h14-20H,7-13H2,1-6H3,(H,33,41). The van der Waals surface area contributed by atoms with Gasteiger partial charge in [0.1, 0.15) is 5.69 Å². The predicted octanol–water partition coefficient (Wildman–Crippen LogP) is 4.33. The lowest BCUT2D eigenvalue weighted by Gasteiger charge is -2.35. The summed E-state index contributed by atoms with van der Waals surface area (Å²) in [7, 11) is 0. The number of rotatable bonds is 8. The van der Waals surface area contributed by atoms with Crippen LogP contribution in [0.4, 0.5) is 11.4 Å². The van der Waals surface area contributed by atoms with Crippen molar-refractivity contribution in [3.63, 3.8) is 0 Å². The fourth-order valence-corrected chi connectivity index (χ4v) is 5.14. The second-order valence-electron chi connectivity index (χ2n) is 11.5. The van der Waals surface area contributed by atoms with Crippen molar-refractivity contribution < 1.29 is 4.79 Å². The van der Waals surface area contributed by atoms with Gasteiger partial charge in [0.15, 0.2) is 5.69 Å². The highest BCUT2D eigenvalue weighted by Gasteiger charge is 2.22. The van der Waals surface area contributed by atoms with Crippen molar-refractivity contribution >= 4 is 17.3 Å². The number of piperazine rings is 1. The second-order valence-corrected chi connectivity index (χ2v) is 11.5. The maximum Gasteiger partial charge on any atom is 0.276 e. The Morgan fingerprint density at radius 1 is 1.02 bits per heavy atom. The number of aromatic nitrogens is 7. The Balaban J connectivity index is 1.34. The Morgan fingerprint density at radius 3 is 2.51 bits per heavy atom. The Kier molecular flexibility index (Phi) is 8.16. The van der Waals surface area contributed by atoms with E-state index in [1.54, 1.807) is 10.9 Å². The van der Waals surface area contributed by atoms with Gasteiger partial charge in [-0.3, -0.25) is 19.4 Å². The van der Waals surface area contributed by atoms with Crippen molar-refractivity contribution in [3.05, 3.63) is 60.1 Å². The maximum atomic E-state index is 13.2. The van der Waals surface area contributed by atoms with Gasteiger partial charge >= 0.3 is 0 Å². The zero-order chi connectivity index (χ0) is 29.1. The van der Waals surface area contributed by atoms with E-state index in [4.69, 9.17) is 0 Å². The Morgan fingerprint density at radius 2 is 1.80 bits per heavy atom. The molecule has 0 saturated carbocycles. The van der Waals surface area contributed by atoms with E-state index in [1.165, 1.54) is 0 Å². The number of hydrogen-bond acceptors (Lipinski definition) is 8. The molecule has 1 N–H and O–H groups in total. The van der Waals surface area contributed by atoms with Gasteiger partial charge in [-0.25, -0.2) is 4.68 Å². The number of aryl methyl sites for hydroxylation is 2. The molecule has 1 amide bonds. The van der Waals surface area contributed by atoms with Crippen molar-refractivity contribution in [3.8, 4) is 16.9 Å². The molecular formula is C30H40N10O. The number of likely N-dealkylation sites (N-methyl/N-ethyl adjacent to an activating group) is 1. The van der Waals surface area contributed by atoms with Gasteiger partial charge in [0.05, 0.1) is 46.9 Å². The molecule has 0 spiro atoms. The van der Waals surface area contributed by atoms with E-state index in [0.29, 0.717) is 11.4 Å². The lowest BCUT2D eigenvalue weighted by Crippen LogP contribution is -2.46. The number of nitrogens with one attached hydrogen (secondary N) is 1. The van der Waals surface area contributed by atoms with Crippen LogP contribution in [0.15, 0.2) is 43.0 Å². The molecule has 0 atom stereocenters. The van der Waals surface area contributed by atoms with Crippen LogP contribution in [0.2, 0.25) is 0 Å². The van der Waals surface area contributed by atoms with Gasteiger partial charge in [-0.15, -0.1) is 5.10 Å². The average Bonchev–Trinajstić information content (AvgIpc) is 3.63. The molecule has 0 aromatic carbocycles. The number of amides is 1. The zero-order valence-electron chi connectivity index (χ0n) is 24.9. The molecular weight excluding hydrogens is 516 g/mol. The minimum absolute atomic E-state index is 0.217. The van der Waals surface area contributed by atoms with E-state index in [-0.39, 0.29) is 11.4 Å². The number of carbonyl (C=O) groups excluding carboxylic acids is 1. The number of carbonyl (C=O) groups is 1.